The van der Waals surface area contributed by atoms with Gasteiger partial charge in [-0.1, -0.05) is 53.9 Å². The van der Waals surface area contributed by atoms with Crippen LogP contribution in [-0.2, 0) is 26.6 Å². The van der Waals surface area contributed by atoms with Crippen molar-refractivity contribution in [1.29, 1.82) is 5.41 Å². The summed E-state index contributed by atoms with van der Waals surface area (Å²) in [6, 6.07) is 8.46. The summed E-state index contributed by atoms with van der Waals surface area (Å²) < 4.78 is 0.803. The van der Waals surface area contributed by atoms with Crippen molar-refractivity contribution in [2.75, 3.05) is 5.75 Å². The lowest BCUT2D eigenvalue weighted by molar-refractivity contribution is -0.150. The van der Waals surface area contributed by atoms with E-state index in [1.165, 1.54) is 39.8 Å². The highest BCUT2D eigenvalue weighted by atomic mass is 32.2. The lowest BCUT2D eigenvalue weighted by Gasteiger charge is -2.49. The van der Waals surface area contributed by atoms with Gasteiger partial charge in [-0.15, -0.1) is 23.1 Å². The Hall–Kier alpha value is -2.48. The van der Waals surface area contributed by atoms with E-state index in [1.54, 1.807) is 5.51 Å². The van der Waals surface area contributed by atoms with Gasteiger partial charge >= 0.3 is 5.97 Å². The predicted molar refractivity (Wildman–Crippen MR) is 131 cm³/mol. The summed E-state index contributed by atoms with van der Waals surface area (Å²) in [6.45, 7) is 0. The highest BCUT2D eigenvalue weighted by molar-refractivity contribution is 8.13. The summed E-state index contributed by atoms with van der Waals surface area (Å²) in [4.78, 5) is 43.4. The molecule has 3 heterocycles. The molecule has 0 radical (unpaired) electrons. The van der Waals surface area contributed by atoms with Crippen LogP contribution in [0.3, 0.4) is 0 Å². The van der Waals surface area contributed by atoms with Crippen molar-refractivity contribution < 1.29 is 19.5 Å². The highest BCUT2D eigenvalue weighted by Gasteiger charge is 2.54. The van der Waals surface area contributed by atoms with E-state index in [0.29, 0.717) is 16.4 Å². The van der Waals surface area contributed by atoms with Crippen molar-refractivity contribution >= 4 is 69.6 Å². The van der Waals surface area contributed by atoms with Gasteiger partial charge in [-0.25, -0.2) is 9.78 Å². The van der Waals surface area contributed by atoms with E-state index in [1.807, 2.05) is 30.3 Å². The molecule has 5 N–H and O–H groups in total. The number of amides is 2. The average molecular weight is 522 g/mol. The second-order valence-corrected chi connectivity index (χ2v) is 11.4. The van der Waals surface area contributed by atoms with Gasteiger partial charge in [0.2, 0.25) is 5.91 Å². The number of amidine groups is 1. The Morgan fingerprint density at radius 2 is 2.09 bits per heavy atom. The van der Waals surface area contributed by atoms with E-state index in [2.05, 4.69) is 10.3 Å². The van der Waals surface area contributed by atoms with Crippen molar-refractivity contribution in [1.82, 2.24) is 15.2 Å². The second kappa shape index (κ2) is 10.2. The van der Waals surface area contributed by atoms with E-state index in [0.717, 1.165) is 27.2 Å². The molecular formula is C20H19N5O4S4. The average Bonchev–Trinajstić information content (AvgIpc) is 3.23. The summed E-state index contributed by atoms with van der Waals surface area (Å²) in [5.41, 5.74) is 8.56. The Bertz CT molecular complexity index is 1140. The van der Waals surface area contributed by atoms with Crippen LogP contribution in [0.4, 0.5) is 0 Å². The van der Waals surface area contributed by atoms with Crippen LogP contribution in [0, 0.1) is 5.41 Å². The van der Waals surface area contributed by atoms with E-state index >= 15 is 0 Å². The Kier molecular flexibility index (Phi) is 7.32. The third-order valence-corrected chi connectivity index (χ3v) is 9.24. The molecule has 0 spiro atoms. The van der Waals surface area contributed by atoms with Gasteiger partial charge in [-0.3, -0.25) is 19.9 Å². The molecule has 13 heteroatoms. The molecule has 0 aliphatic carbocycles. The quantitative estimate of drug-likeness (QED) is 0.233. The standard InChI is InChI=1S/C20H19N5O4S4/c21-20(22)31-7-11-19(32-9-23-11)33-12-8-30-17-14(16(27)25(17)15(12)18(28)29)24-13(26)6-10-4-2-1-3-5-10/h1-5,9,14,17H,6-8H2,(H3,21,22)(H,24,26)(H,28,29)/t14-,17-/m1/s1. The number of aromatic nitrogens is 1. The third kappa shape index (κ3) is 5.21. The number of thiazole rings is 1. The normalized spacial score (nSPS) is 19.6. The molecule has 0 saturated carbocycles. The molecule has 172 valence electrons. The Morgan fingerprint density at radius 1 is 1.33 bits per heavy atom. The first-order chi connectivity index (χ1) is 15.8. The number of hydrogen-bond acceptors (Lipinski definition) is 9. The number of rotatable bonds is 8. The number of carbonyl (C=O) groups excluding carboxylic acids is 2. The van der Waals surface area contributed by atoms with Crippen molar-refractivity contribution in [2.45, 2.75) is 27.8 Å². The Labute approximate surface area is 206 Å². The van der Waals surface area contributed by atoms with Crippen molar-refractivity contribution in [3.8, 4) is 0 Å². The fraction of sp³-hybridized carbons (Fsp3) is 0.250. The molecule has 2 aliphatic heterocycles. The molecule has 1 aromatic heterocycles. The first-order valence-electron chi connectivity index (χ1n) is 9.66. The SMILES string of the molecule is N=C(N)SCc1ncsc1SC1=C(C(=O)O)N2C(=O)[C@@H](NC(=O)Cc3ccccc3)[C@H]2SC1. The monoisotopic (exact) mass is 521 g/mol. The number of carboxylic acid groups (broad SMARTS) is 1. The molecule has 9 nitrogen and oxygen atoms in total. The number of carboxylic acids is 1. The molecule has 33 heavy (non-hydrogen) atoms. The number of nitrogens with two attached hydrogens (primary N) is 1. The highest BCUT2D eigenvalue weighted by Crippen LogP contribution is 2.46. The van der Waals surface area contributed by atoms with Crippen LogP contribution >= 0.6 is 46.6 Å². The summed E-state index contributed by atoms with van der Waals surface area (Å²) in [5, 5.41) is 19.5. The number of β-lactam (4-membered cyclic amide) rings is 1. The Balaban J connectivity index is 1.47. The summed E-state index contributed by atoms with van der Waals surface area (Å²) in [7, 11) is 0. The fourth-order valence-corrected chi connectivity index (χ4v) is 7.61. The number of aliphatic carboxylic acids is 1. The summed E-state index contributed by atoms with van der Waals surface area (Å²) in [6.07, 6.45) is 0.150. The molecule has 4 rings (SSSR count). The fourth-order valence-electron chi connectivity index (χ4n) is 3.37. The molecule has 1 fully saturated rings. The second-order valence-electron chi connectivity index (χ2n) is 7.04. The maximum absolute atomic E-state index is 12.8. The van der Waals surface area contributed by atoms with E-state index < -0.39 is 23.3 Å². The number of nitrogens with zero attached hydrogens (tertiary/aromatic N) is 2. The largest absolute Gasteiger partial charge is 0.477 e. The summed E-state index contributed by atoms with van der Waals surface area (Å²) in [5.74, 6) is -1.10. The molecule has 2 aromatic rings. The number of thioether (sulfide) groups is 3. The molecule has 2 aliphatic rings. The van der Waals surface area contributed by atoms with Gasteiger partial charge in [0.15, 0.2) is 5.17 Å². The minimum atomic E-state index is -1.19. The molecule has 2 atom stereocenters. The molecule has 0 unspecified atom stereocenters. The summed E-state index contributed by atoms with van der Waals surface area (Å²) >= 11 is 5.20. The number of benzene rings is 1. The van der Waals surface area contributed by atoms with Crippen LogP contribution in [-0.4, -0.2) is 55.1 Å². The smallest absolute Gasteiger partial charge is 0.353 e. The van der Waals surface area contributed by atoms with Gasteiger partial charge in [-0.05, 0) is 5.56 Å². The van der Waals surface area contributed by atoms with Crippen LogP contribution in [0.1, 0.15) is 11.3 Å². The zero-order valence-corrected chi connectivity index (χ0v) is 20.3. The van der Waals surface area contributed by atoms with Gasteiger partial charge < -0.3 is 16.2 Å². The van der Waals surface area contributed by atoms with Crippen molar-refractivity contribution in [3.63, 3.8) is 0 Å². The van der Waals surface area contributed by atoms with Crippen molar-refractivity contribution in [2.24, 2.45) is 5.73 Å². The first-order valence-corrected chi connectivity index (χ1v) is 13.4. The molecule has 0 bridgehead atoms. The molecule has 1 saturated heterocycles. The van der Waals surface area contributed by atoms with E-state index in [-0.39, 0.29) is 23.2 Å². The topological polar surface area (TPSA) is 149 Å². The maximum atomic E-state index is 12.8. The number of fused-ring (bicyclic) bond motifs is 1. The number of carbonyl (C=O) groups is 3. The Morgan fingerprint density at radius 3 is 2.79 bits per heavy atom. The van der Waals surface area contributed by atoms with Gasteiger partial charge in [0.05, 0.1) is 21.8 Å². The van der Waals surface area contributed by atoms with Gasteiger partial charge in [-0.2, -0.15) is 0 Å². The molecular weight excluding hydrogens is 503 g/mol. The van der Waals surface area contributed by atoms with Crippen LogP contribution in [0.15, 0.2) is 50.7 Å². The van der Waals surface area contributed by atoms with E-state index in [4.69, 9.17) is 11.1 Å². The minimum Gasteiger partial charge on any atom is -0.477 e. The van der Waals surface area contributed by atoms with Gasteiger partial charge in [0, 0.05) is 16.4 Å². The predicted octanol–water partition coefficient (Wildman–Crippen LogP) is 2.30. The van der Waals surface area contributed by atoms with E-state index in [9.17, 15) is 19.5 Å². The van der Waals surface area contributed by atoms with Gasteiger partial charge in [0.1, 0.15) is 17.1 Å². The lowest BCUT2D eigenvalue weighted by Crippen LogP contribution is -2.70. The molecule has 1 aromatic carbocycles. The van der Waals surface area contributed by atoms with Crippen LogP contribution in [0.25, 0.3) is 0 Å². The number of nitrogens with one attached hydrogen (secondary N) is 2. The lowest BCUT2D eigenvalue weighted by atomic mass is 10.0. The maximum Gasteiger partial charge on any atom is 0.353 e. The minimum absolute atomic E-state index is 0.0213. The zero-order valence-electron chi connectivity index (χ0n) is 17.0. The zero-order chi connectivity index (χ0) is 23.5. The molecule has 2 amide bonds. The van der Waals surface area contributed by atoms with Gasteiger partial charge in [0.25, 0.3) is 5.91 Å². The van der Waals surface area contributed by atoms with Crippen LogP contribution in [0.5, 0.6) is 0 Å². The van der Waals surface area contributed by atoms with Crippen LogP contribution in [0.2, 0.25) is 0 Å². The van der Waals surface area contributed by atoms with Crippen molar-refractivity contribution in [3.05, 3.63) is 57.7 Å². The third-order valence-electron chi connectivity index (χ3n) is 4.84. The van der Waals surface area contributed by atoms with Crippen LogP contribution < -0.4 is 11.1 Å². The number of hydrogen-bond donors (Lipinski definition) is 4. The first kappa shape index (κ1) is 23.7.